The van der Waals surface area contributed by atoms with Gasteiger partial charge in [-0.25, -0.2) is 4.98 Å². The van der Waals surface area contributed by atoms with Crippen LogP contribution < -0.4 is 5.32 Å². The molecule has 0 bridgehead atoms. The molecule has 1 aromatic carbocycles. The van der Waals surface area contributed by atoms with Crippen molar-refractivity contribution in [3.8, 4) is 0 Å². The predicted molar refractivity (Wildman–Crippen MR) is 84.0 cm³/mol. The van der Waals surface area contributed by atoms with Crippen molar-refractivity contribution in [2.75, 3.05) is 5.32 Å². The summed E-state index contributed by atoms with van der Waals surface area (Å²) < 4.78 is 15.0. The van der Waals surface area contributed by atoms with Gasteiger partial charge in [0.2, 0.25) is 5.95 Å². The molecule has 2 aromatic heterocycles. The van der Waals surface area contributed by atoms with Crippen LogP contribution in [0.4, 0.5) is 10.2 Å². The zero-order chi connectivity index (χ0) is 15.4. The highest BCUT2D eigenvalue weighted by molar-refractivity contribution is 5.36. The van der Waals surface area contributed by atoms with E-state index in [0.29, 0.717) is 5.82 Å². The fourth-order valence-electron chi connectivity index (χ4n) is 2.25. The van der Waals surface area contributed by atoms with E-state index in [0.717, 1.165) is 12.1 Å². The van der Waals surface area contributed by atoms with Gasteiger partial charge in [0, 0.05) is 11.8 Å². The second kappa shape index (κ2) is 6.39. The van der Waals surface area contributed by atoms with Crippen molar-refractivity contribution in [2.45, 2.75) is 19.5 Å². The zero-order valence-electron chi connectivity index (χ0n) is 12.3. The Bertz CT molecular complexity index is 739. The molecule has 1 atom stereocenters. The third-order valence-electron chi connectivity index (χ3n) is 3.42. The standard InChI is InChI=1S/C17H17FN4/c1-13(20-17-9-5-8-16(18)21-17)15-10-19-22(12-15)11-14-6-3-2-4-7-14/h2-10,12-13H,11H2,1H3,(H,20,21). The third-order valence-corrected chi connectivity index (χ3v) is 3.42. The Hall–Kier alpha value is -2.69. The lowest BCUT2D eigenvalue weighted by atomic mass is 10.2. The number of pyridine rings is 1. The molecular weight excluding hydrogens is 279 g/mol. The molecule has 0 amide bonds. The number of halogens is 1. The van der Waals surface area contributed by atoms with Crippen LogP contribution in [0.2, 0.25) is 0 Å². The molecule has 4 nitrogen and oxygen atoms in total. The van der Waals surface area contributed by atoms with Crippen LogP contribution in [0.5, 0.6) is 0 Å². The summed E-state index contributed by atoms with van der Waals surface area (Å²) in [4.78, 5) is 3.81. The molecule has 0 radical (unpaired) electrons. The van der Waals surface area contributed by atoms with Gasteiger partial charge in [-0.15, -0.1) is 0 Å². The van der Waals surface area contributed by atoms with E-state index in [-0.39, 0.29) is 6.04 Å². The van der Waals surface area contributed by atoms with Crippen molar-refractivity contribution < 1.29 is 4.39 Å². The number of hydrogen-bond donors (Lipinski definition) is 1. The molecule has 0 fully saturated rings. The van der Waals surface area contributed by atoms with Gasteiger partial charge in [-0.05, 0) is 24.6 Å². The van der Waals surface area contributed by atoms with E-state index >= 15 is 0 Å². The number of anilines is 1. The summed E-state index contributed by atoms with van der Waals surface area (Å²) >= 11 is 0. The van der Waals surface area contributed by atoms with Crippen molar-refractivity contribution in [3.63, 3.8) is 0 Å². The van der Waals surface area contributed by atoms with Crippen molar-refractivity contribution in [2.24, 2.45) is 0 Å². The first kappa shape index (κ1) is 14.3. The second-order valence-corrected chi connectivity index (χ2v) is 5.17. The van der Waals surface area contributed by atoms with Gasteiger partial charge < -0.3 is 5.32 Å². The Balaban J connectivity index is 1.68. The maximum Gasteiger partial charge on any atom is 0.214 e. The number of rotatable bonds is 5. The van der Waals surface area contributed by atoms with Crippen LogP contribution in [-0.2, 0) is 6.54 Å². The van der Waals surface area contributed by atoms with Gasteiger partial charge in [-0.2, -0.15) is 9.49 Å². The first-order chi connectivity index (χ1) is 10.7. The molecule has 0 spiro atoms. The average molecular weight is 296 g/mol. The van der Waals surface area contributed by atoms with E-state index in [4.69, 9.17) is 0 Å². The van der Waals surface area contributed by atoms with Gasteiger partial charge in [-0.3, -0.25) is 4.68 Å². The topological polar surface area (TPSA) is 42.7 Å². The smallest absolute Gasteiger partial charge is 0.214 e. The first-order valence-corrected chi connectivity index (χ1v) is 7.16. The van der Waals surface area contributed by atoms with Crippen LogP contribution in [0.3, 0.4) is 0 Å². The third kappa shape index (κ3) is 3.49. The van der Waals surface area contributed by atoms with Crippen molar-refractivity contribution in [1.82, 2.24) is 14.8 Å². The van der Waals surface area contributed by atoms with Gasteiger partial charge in [-0.1, -0.05) is 36.4 Å². The minimum absolute atomic E-state index is 0.00109. The molecule has 0 aliphatic carbocycles. The van der Waals surface area contributed by atoms with Crippen LogP contribution in [0.15, 0.2) is 60.9 Å². The van der Waals surface area contributed by atoms with E-state index in [2.05, 4.69) is 27.5 Å². The zero-order valence-corrected chi connectivity index (χ0v) is 12.3. The normalized spacial score (nSPS) is 12.1. The summed E-state index contributed by atoms with van der Waals surface area (Å²) in [5, 5.41) is 7.55. The molecule has 5 heteroatoms. The molecule has 1 unspecified atom stereocenters. The summed E-state index contributed by atoms with van der Waals surface area (Å²) in [7, 11) is 0. The van der Waals surface area contributed by atoms with Crippen LogP contribution in [0, 0.1) is 5.95 Å². The summed E-state index contributed by atoms with van der Waals surface area (Å²) in [5.74, 6) is 0.0280. The Morgan fingerprint density at radius 2 is 1.95 bits per heavy atom. The quantitative estimate of drug-likeness (QED) is 0.731. The van der Waals surface area contributed by atoms with Gasteiger partial charge >= 0.3 is 0 Å². The van der Waals surface area contributed by atoms with Crippen LogP contribution in [-0.4, -0.2) is 14.8 Å². The second-order valence-electron chi connectivity index (χ2n) is 5.17. The molecule has 1 N–H and O–H groups in total. The lowest BCUT2D eigenvalue weighted by Gasteiger charge is -2.12. The molecule has 0 aliphatic rings. The lowest BCUT2D eigenvalue weighted by molar-refractivity contribution is 0.584. The van der Waals surface area contributed by atoms with Gasteiger partial charge in [0.15, 0.2) is 0 Å². The van der Waals surface area contributed by atoms with E-state index in [1.54, 1.807) is 12.1 Å². The van der Waals surface area contributed by atoms with E-state index < -0.39 is 5.95 Å². The number of hydrogen-bond acceptors (Lipinski definition) is 3. The van der Waals surface area contributed by atoms with Crippen molar-refractivity contribution >= 4 is 5.82 Å². The highest BCUT2D eigenvalue weighted by atomic mass is 19.1. The fraction of sp³-hybridized carbons (Fsp3) is 0.176. The minimum atomic E-state index is -0.489. The van der Waals surface area contributed by atoms with E-state index in [1.165, 1.54) is 11.6 Å². The largest absolute Gasteiger partial charge is 0.363 e. The van der Waals surface area contributed by atoms with Crippen LogP contribution in [0.25, 0.3) is 0 Å². The number of benzene rings is 1. The average Bonchev–Trinajstić information content (AvgIpc) is 2.97. The van der Waals surface area contributed by atoms with Crippen LogP contribution >= 0.6 is 0 Å². The molecule has 0 saturated heterocycles. The molecule has 0 saturated carbocycles. The molecule has 112 valence electrons. The predicted octanol–water partition coefficient (Wildman–Crippen LogP) is 3.64. The van der Waals surface area contributed by atoms with Gasteiger partial charge in [0.25, 0.3) is 0 Å². The van der Waals surface area contributed by atoms with Gasteiger partial charge in [0.05, 0.1) is 18.8 Å². The molecular formula is C17H17FN4. The Kier molecular flexibility index (Phi) is 4.14. The molecule has 0 aliphatic heterocycles. The SMILES string of the molecule is CC(Nc1cccc(F)n1)c1cnn(Cc2ccccc2)c1. The lowest BCUT2D eigenvalue weighted by Crippen LogP contribution is -2.07. The monoisotopic (exact) mass is 296 g/mol. The van der Waals surface area contributed by atoms with Crippen molar-refractivity contribution in [1.29, 1.82) is 0 Å². The minimum Gasteiger partial charge on any atom is -0.363 e. The number of nitrogens with one attached hydrogen (secondary N) is 1. The molecule has 2 heterocycles. The summed E-state index contributed by atoms with van der Waals surface area (Å²) in [6.45, 7) is 2.72. The Morgan fingerprint density at radius 1 is 1.14 bits per heavy atom. The first-order valence-electron chi connectivity index (χ1n) is 7.16. The van der Waals surface area contributed by atoms with Crippen LogP contribution in [0.1, 0.15) is 24.1 Å². The Labute approximate surface area is 128 Å². The maximum absolute atomic E-state index is 13.1. The highest BCUT2D eigenvalue weighted by Crippen LogP contribution is 2.17. The summed E-state index contributed by atoms with van der Waals surface area (Å²) in [6.07, 6.45) is 3.81. The molecule has 3 rings (SSSR count). The summed E-state index contributed by atoms with van der Waals surface area (Å²) in [6, 6.07) is 14.9. The number of aromatic nitrogens is 3. The van der Waals surface area contributed by atoms with Crippen molar-refractivity contribution in [3.05, 3.63) is 78.0 Å². The van der Waals surface area contributed by atoms with Gasteiger partial charge in [0.1, 0.15) is 5.82 Å². The van der Waals surface area contributed by atoms with E-state index in [9.17, 15) is 4.39 Å². The molecule has 3 aromatic rings. The molecule has 22 heavy (non-hydrogen) atoms. The number of nitrogens with zero attached hydrogens (tertiary/aromatic N) is 3. The van der Waals surface area contributed by atoms with E-state index in [1.807, 2.05) is 42.2 Å². The highest BCUT2D eigenvalue weighted by Gasteiger charge is 2.09. The maximum atomic E-state index is 13.1. The Morgan fingerprint density at radius 3 is 2.73 bits per heavy atom. The fourth-order valence-corrected chi connectivity index (χ4v) is 2.25. The summed E-state index contributed by atoms with van der Waals surface area (Å²) in [5.41, 5.74) is 2.23.